The molecule has 0 bridgehead atoms. The van der Waals surface area contributed by atoms with E-state index in [1.54, 1.807) is 19.1 Å². The quantitative estimate of drug-likeness (QED) is 0.679. The molecule has 0 atom stereocenters. The van der Waals surface area contributed by atoms with E-state index >= 15 is 0 Å². The lowest BCUT2D eigenvalue weighted by Crippen LogP contribution is -2.32. The molecule has 29 heavy (non-hydrogen) atoms. The van der Waals surface area contributed by atoms with Crippen LogP contribution in [0.4, 0.5) is 5.69 Å². The number of hydroxylamine groups is 2. The van der Waals surface area contributed by atoms with E-state index in [2.05, 4.69) is 10.5 Å². The zero-order chi connectivity index (χ0) is 20.5. The molecule has 9 nitrogen and oxygen atoms in total. The summed E-state index contributed by atoms with van der Waals surface area (Å²) in [7, 11) is 0. The predicted octanol–water partition coefficient (Wildman–Crippen LogP) is 2.60. The second-order valence-corrected chi connectivity index (χ2v) is 6.16. The molecule has 0 spiro atoms. The van der Waals surface area contributed by atoms with E-state index in [1.807, 2.05) is 0 Å². The molecule has 0 aliphatic carbocycles. The van der Waals surface area contributed by atoms with Gasteiger partial charge in [0.25, 0.3) is 17.7 Å². The maximum atomic E-state index is 12.3. The highest BCUT2D eigenvalue weighted by Crippen LogP contribution is 2.23. The molecule has 0 saturated carbocycles. The van der Waals surface area contributed by atoms with Crippen LogP contribution in [0.25, 0.3) is 0 Å². The molecular formula is C20H13N3O6. The fourth-order valence-electron chi connectivity index (χ4n) is 2.79. The van der Waals surface area contributed by atoms with Crippen LogP contribution in [0.1, 0.15) is 47.2 Å². The predicted molar refractivity (Wildman–Crippen MR) is 98.0 cm³/mol. The maximum Gasteiger partial charge on any atom is 0.363 e. The third-order valence-electron chi connectivity index (χ3n) is 4.30. The van der Waals surface area contributed by atoms with E-state index < -0.39 is 23.7 Å². The lowest BCUT2D eigenvalue weighted by atomic mass is 10.1. The number of nitrogens with one attached hydrogen (secondary N) is 1. The number of hydrogen-bond acceptors (Lipinski definition) is 7. The lowest BCUT2D eigenvalue weighted by molar-refractivity contribution is -0.0584. The van der Waals surface area contributed by atoms with Crippen LogP contribution in [0.3, 0.4) is 0 Å². The van der Waals surface area contributed by atoms with Gasteiger partial charge in [-0.3, -0.25) is 14.4 Å². The second kappa shape index (κ2) is 7.04. The van der Waals surface area contributed by atoms with Gasteiger partial charge in [0.2, 0.25) is 0 Å². The van der Waals surface area contributed by atoms with Gasteiger partial charge in [-0.25, -0.2) is 4.79 Å². The number of amides is 3. The number of benzene rings is 2. The van der Waals surface area contributed by atoms with Crippen LogP contribution in [-0.2, 0) is 4.84 Å². The molecule has 3 amide bonds. The van der Waals surface area contributed by atoms with Gasteiger partial charge in [-0.15, -0.1) is 0 Å². The van der Waals surface area contributed by atoms with Crippen molar-refractivity contribution in [1.29, 1.82) is 0 Å². The third kappa shape index (κ3) is 3.25. The number of rotatable bonds is 4. The molecule has 9 heteroatoms. The van der Waals surface area contributed by atoms with Gasteiger partial charge in [0.15, 0.2) is 0 Å². The molecule has 1 aromatic heterocycles. The molecule has 1 aliphatic rings. The Labute approximate surface area is 163 Å². The largest absolute Gasteiger partial charge is 0.363 e. The molecule has 1 aliphatic heterocycles. The van der Waals surface area contributed by atoms with Crippen LogP contribution in [0.5, 0.6) is 0 Å². The van der Waals surface area contributed by atoms with Crippen LogP contribution >= 0.6 is 0 Å². The number of imide groups is 1. The molecule has 144 valence electrons. The summed E-state index contributed by atoms with van der Waals surface area (Å²) < 4.78 is 4.85. The van der Waals surface area contributed by atoms with Crippen LogP contribution in [0.15, 0.2) is 59.3 Å². The van der Waals surface area contributed by atoms with Crippen LogP contribution < -0.4 is 5.32 Å². The summed E-state index contributed by atoms with van der Waals surface area (Å²) in [4.78, 5) is 54.0. The summed E-state index contributed by atoms with van der Waals surface area (Å²) in [6, 6.07) is 12.0. The minimum absolute atomic E-state index is 0.0979. The van der Waals surface area contributed by atoms with Crippen molar-refractivity contribution in [3.05, 3.63) is 82.7 Å². The van der Waals surface area contributed by atoms with Gasteiger partial charge in [-0.2, -0.15) is 0 Å². The van der Waals surface area contributed by atoms with Crippen molar-refractivity contribution < 1.29 is 28.5 Å². The van der Waals surface area contributed by atoms with Gasteiger partial charge in [0, 0.05) is 5.69 Å². The molecule has 2 aromatic carbocycles. The number of carbonyl (C=O) groups is 4. The van der Waals surface area contributed by atoms with Gasteiger partial charge in [0.1, 0.15) is 11.3 Å². The summed E-state index contributed by atoms with van der Waals surface area (Å²) >= 11 is 0. The summed E-state index contributed by atoms with van der Waals surface area (Å²) in [5.74, 6) is -2.32. The number of aromatic nitrogens is 1. The number of nitrogens with zero attached hydrogens (tertiary/aromatic N) is 2. The molecule has 0 saturated heterocycles. The van der Waals surface area contributed by atoms with Gasteiger partial charge in [0.05, 0.1) is 22.9 Å². The SMILES string of the molecule is Cc1oncc1C(=O)Nc1ccc(C(=O)ON2C(=O)c3ccccc3C2=O)cc1. The number of aryl methyl sites for hydroxylation is 1. The normalized spacial score (nSPS) is 12.7. The Balaban J connectivity index is 1.44. The van der Waals surface area contributed by atoms with E-state index in [-0.39, 0.29) is 16.7 Å². The highest BCUT2D eigenvalue weighted by Gasteiger charge is 2.38. The lowest BCUT2D eigenvalue weighted by Gasteiger charge is -2.13. The fourth-order valence-corrected chi connectivity index (χ4v) is 2.79. The minimum Gasteiger partial charge on any atom is -0.361 e. The van der Waals surface area contributed by atoms with Crippen molar-refractivity contribution in [2.24, 2.45) is 0 Å². The number of anilines is 1. The standard InChI is InChI=1S/C20H13N3O6/c1-11-16(10-21-28-11)17(24)22-13-8-6-12(7-9-13)20(27)29-23-18(25)14-4-2-3-5-15(14)19(23)26/h2-10H,1H3,(H,22,24). The molecule has 0 fully saturated rings. The highest BCUT2D eigenvalue weighted by atomic mass is 16.7. The molecule has 4 rings (SSSR count). The topological polar surface area (TPSA) is 119 Å². The van der Waals surface area contributed by atoms with E-state index in [4.69, 9.17) is 9.36 Å². The second-order valence-electron chi connectivity index (χ2n) is 6.16. The minimum atomic E-state index is -0.882. The Hall–Kier alpha value is -4.27. The molecular weight excluding hydrogens is 378 g/mol. The first-order chi connectivity index (χ1) is 14.0. The monoisotopic (exact) mass is 391 g/mol. The van der Waals surface area contributed by atoms with Crippen molar-refractivity contribution in [2.45, 2.75) is 6.92 Å². The number of fused-ring (bicyclic) bond motifs is 1. The Morgan fingerprint density at radius 2 is 1.62 bits per heavy atom. The van der Waals surface area contributed by atoms with E-state index in [0.29, 0.717) is 22.1 Å². The van der Waals surface area contributed by atoms with Crippen LogP contribution in [0, 0.1) is 6.92 Å². The number of hydrogen-bond donors (Lipinski definition) is 1. The van der Waals surface area contributed by atoms with E-state index in [0.717, 1.165) is 0 Å². The average molecular weight is 391 g/mol. The first-order valence-electron chi connectivity index (χ1n) is 8.48. The van der Waals surface area contributed by atoms with Crippen LogP contribution in [-0.4, -0.2) is 33.9 Å². The maximum absolute atomic E-state index is 12.3. The smallest absolute Gasteiger partial charge is 0.361 e. The van der Waals surface area contributed by atoms with Gasteiger partial charge < -0.3 is 14.7 Å². The molecule has 0 radical (unpaired) electrons. The Bertz CT molecular complexity index is 1110. The molecule has 1 N–H and O–H groups in total. The van der Waals surface area contributed by atoms with Crippen molar-refractivity contribution >= 4 is 29.4 Å². The summed E-state index contributed by atoms with van der Waals surface area (Å²) in [5, 5.41) is 6.62. The van der Waals surface area contributed by atoms with Gasteiger partial charge in [-0.1, -0.05) is 22.4 Å². The summed E-state index contributed by atoms with van der Waals surface area (Å²) in [5.41, 5.74) is 1.16. The summed E-state index contributed by atoms with van der Waals surface area (Å²) in [6.07, 6.45) is 1.30. The first-order valence-corrected chi connectivity index (χ1v) is 8.48. The van der Waals surface area contributed by atoms with Gasteiger partial charge in [-0.05, 0) is 43.3 Å². The Morgan fingerprint density at radius 1 is 1.00 bits per heavy atom. The third-order valence-corrected chi connectivity index (χ3v) is 4.30. The van der Waals surface area contributed by atoms with Gasteiger partial charge >= 0.3 is 5.97 Å². The highest BCUT2D eigenvalue weighted by molar-refractivity contribution is 6.21. The molecule has 2 heterocycles. The van der Waals surface area contributed by atoms with Crippen molar-refractivity contribution in [2.75, 3.05) is 5.32 Å². The van der Waals surface area contributed by atoms with Crippen molar-refractivity contribution in [3.63, 3.8) is 0 Å². The molecule has 3 aromatic rings. The zero-order valence-electron chi connectivity index (χ0n) is 15.0. The average Bonchev–Trinajstić information content (AvgIpc) is 3.26. The van der Waals surface area contributed by atoms with E-state index in [1.165, 1.54) is 42.6 Å². The zero-order valence-corrected chi connectivity index (χ0v) is 15.0. The van der Waals surface area contributed by atoms with Crippen molar-refractivity contribution in [1.82, 2.24) is 10.2 Å². The number of carbonyl (C=O) groups excluding carboxylic acids is 4. The van der Waals surface area contributed by atoms with Crippen molar-refractivity contribution in [3.8, 4) is 0 Å². The Kier molecular flexibility index (Phi) is 4.40. The molecule has 0 unspecified atom stereocenters. The fraction of sp³-hybridized carbons (Fsp3) is 0.0500. The first kappa shape index (κ1) is 18.1. The Morgan fingerprint density at radius 3 is 2.17 bits per heavy atom. The summed E-state index contributed by atoms with van der Waals surface area (Å²) in [6.45, 7) is 1.61. The van der Waals surface area contributed by atoms with Crippen LogP contribution in [0.2, 0.25) is 0 Å². The van der Waals surface area contributed by atoms with E-state index in [9.17, 15) is 19.2 Å².